The van der Waals surface area contributed by atoms with Gasteiger partial charge in [0.1, 0.15) is 6.04 Å². The molecule has 0 saturated carbocycles. The van der Waals surface area contributed by atoms with Gasteiger partial charge in [-0.2, -0.15) is 9.82 Å². The number of aryl methyl sites for hydroxylation is 2. The molecule has 7 nitrogen and oxygen atoms in total. The van der Waals surface area contributed by atoms with Crippen molar-refractivity contribution < 1.29 is 18.3 Å². The van der Waals surface area contributed by atoms with E-state index in [0.29, 0.717) is 0 Å². The van der Waals surface area contributed by atoms with Crippen LogP contribution in [0.3, 0.4) is 0 Å². The largest absolute Gasteiger partial charge is 0.480 e. The highest BCUT2D eigenvalue weighted by Gasteiger charge is 2.27. The van der Waals surface area contributed by atoms with E-state index in [9.17, 15) is 18.3 Å². The van der Waals surface area contributed by atoms with Crippen molar-refractivity contribution in [2.45, 2.75) is 17.9 Å². The van der Waals surface area contributed by atoms with E-state index in [2.05, 4.69) is 9.82 Å². The first kappa shape index (κ1) is 15.2. The van der Waals surface area contributed by atoms with Gasteiger partial charge >= 0.3 is 5.97 Å². The molecule has 1 aromatic carbocycles. The molecule has 2 rings (SSSR count). The van der Waals surface area contributed by atoms with Crippen molar-refractivity contribution in [3.63, 3.8) is 0 Å². The van der Waals surface area contributed by atoms with Crippen LogP contribution in [0.1, 0.15) is 17.2 Å². The van der Waals surface area contributed by atoms with E-state index in [0.717, 1.165) is 5.56 Å². The number of rotatable bonds is 5. The molecule has 0 aliphatic carbocycles. The second-order valence-electron chi connectivity index (χ2n) is 4.65. The lowest BCUT2D eigenvalue weighted by Crippen LogP contribution is -2.33. The number of aliphatic carboxylic acids is 1. The summed E-state index contributed by atoms with van der Waals surface area (Å²) >= 11 is 0. The zero-order valence-corrected chi connectivity index (χ0v) is 12.3. The van der Waals surface area contributed by atoms with E-state index < -0.39 is 22.0 Å². The molecule has 21 heavy (non-hydrogen) atoms. The Morgan fingerprint density at radius 1 is 1.33 bits per heavy atom. The maximum Gasteiger partial charge on any atom is 0.326 e. The molecule has 0 fully saturated rings. The minimum Gasteiger partial charge on any atom is -0.480 e. The summed E-state index contributed by atoms with van der Waals surface area (Å²) in [6, 6.07) is 4.77. The number of carboxylic acid groups (broad SMARTS) is 1. The first-order valence-electron chi connectivity index (χ1n) is 6.10. The Hall–Kier alpha value is -2.19. The van der Waals surface area contributed by atoms with Crippen molar-refractivity contribution in [2.24, 2.45) is 7.05 Å². The molecule has 1 unspecified atom stereocenters. The number of carboxylic acids is 1. The standard InChI is InChI=1S/C13H15N3O4S/c1-9-3-5-11(6-4-9)21(19,20)15-12(13(17)18)10-7-14-16(2)8-10/h3-8,12,15H,1-2H3,(H,17,18). The summed E-state index contributed by atoms with van der Waals surface area (Å²) in [5.41, 5.74) is 1.18. The number of hydrogen-bond donors (Lipinski definition) is 2. The van der Waals surface area contributed by atoms with Crippen molar-refractivity contribution in [2.75, 3.05) is 0 Å². The maximum absolute atomic E-state index is 12.2. The van der Waals surface area contributed by atoms with Gasteiger partial charge < -0.3 is 5.11 Å². The zero-order valence-electron chi connectivity index (χ0n) is 11.5. The number of carbonyl (C=O) groups is 1. The van der Waals surface area contributed by atoms with Crippen molar-refractivity contribution in [3.05, 3.63) is 47.8 Å². The summed E-state index contributed by atoms with van der Waals surface area (Å²) < 4.78 is 28.1. The van der Waals surface area contributed by atoms with E-state index in [1.54, 1.807) is 19.2 Å². The van der Waals surface area contributed by atoms with Gasteiger partial charge in [0.05, 0.1) is 11.1 Å². The van der Waals surface area contributed by atoms with Crippen LogP contribution in [0.15, 0.2) is 41.6 Å². The van der Waals surface area contributed by atoms with Crippen molar-refractivity contribution in [3.8, 4) is 0 Å². The van der Waals surface area contributed by atoms with Crippen LogP contribution in [-0.2, 0) is 21.9 Å². The van der Waals surface area contributed by atoms with Crippen molar-refractivity contribution >= 4 is 16.0 Å². The van der Waals surface area contributed by atoms with Gasteiger partial charge in [0.2, 0.25) is 10.0 Å². The highest BCUT2D eigenvalue weighted by molar-refractivity contribution is 7.89. The molecular weight excluding hydrogens is 294 g/mol. The number of nitrogens with zero attached hydrogens (tertiary/aromatic N) is 2. The van der Waals surface area contributed by atoms with Gasteiger partial charge in [-0.15, -0.1) is 0 Å². The van der Waals surface area contributed by atoms with Gasteiger partial charge in [-0.05, 0) is 19.1 Å². The lowest BCUT2D eigenvalue weighted by Gasteiger charge is -2.13. The van der Waals surface area contributed by atoms with E-state index in [-0.39, 0.29) is 10.5 Å². The average molecular weight is 309 g/mol. The molecule has 112 valence electrons. The summed E-state index contributed by atoms with van der Waals surface area (Å²) in [6.07, 6.45) is 2.77. The topological polar surface area (TPSA) is 101 Å². The van der Waals surface area contributed by atoms with E-state index in [1.165, 1.54) is 29.2 Å². The smallest absolute Gasteiger partial charge is 0.326 e. The molecule has 1 aromatic heterocycles. The van der Waals surface area contributed by atoms with Crippen LogP contribution in [0.5, 0.6) is 0 Å². The van der Waals surface area contributed by atoms with Gasteiger partial charge in [0.15, 0.2) is 0 Å². The molecule has 2 aromatic rings. The quantitative estimate of drug-likeness (QED) is 0.852. The summed E-state index contributed by atoms with van der Waals surface area (Å²) in [5.74, 6) is -1.29. The molecule has 0 bridgehead atoms. The molecule has 1 atom stereocenters. The molecule has 2 N–H and O–H groups in total. The maximum atomic E-state index is 12.2. The first-order chi connectivity index (χ1) is 9.79. The van der Waals surface area contributed by atoms with Gasteiger partial charge in [0, 0.05) is 18.8 Å². The molecule has 0 radical (unpaired) electrons. The fourth-order valence-electron chi connectivity index (χ4n) is 1.79. The summed E-state index contributed by atoms with van der Waals surface area (Å²) in [4.78, 5) is 11.3. The fourth-order valence-corrected chi connectivity index (χ4v) is 2.97. The molecule has 0 aliphatic rings. The van der Waals surface area contributed by atoms with Gasteiger partial charge in [-0.3, -0.25) is 9.48 Å². The normalized spacial score (nSPS) is 13.0. The van der Waals surface area contributed by atoms with Crippen LogP contribution in [0, 0.1) is 6.92 Å². The number of sulfonamides is 1. The van der Waals surface area contributed by atoms with E-state index in [1.807, 2.05) is 6.92 Å². The summed E-state index contributed by atoms with van der Waals surface area (Å²) in [7, 11) is -2.31. The SMILES string of the molecule is Cc1ccc(S(=O)(=O)NC(C(=O)O)c2cnn(C)c2)cc1. The molecular formula is C13H15N3O4S. The molecule has 1 heterocycles. The third kappa shape index (κ3) is 3.47. The Kier molecular flexibility index (Phi) is 4.10. The van der Waals surface area contributed by atoms with Crippen LogP contribution in [0.4, 0.5) is 0 Å². The number of benzene rings is 1. The van der Waals surface area contributed by atoms with Gasteiger partial charge in [-0.1, -0.05) is 17.7 Å². The minimum atomic E-state index is -3.93. The molecule has 0 spiro atoms. The summed E-state index contributed by atoms with van der Waals surface area (Å²) in [6.45, 7) is 1.83. The Bertz CT molecular complexity index is 750. The second-order valence-corrected chi connectivity index (χ2v) is 6.37. The van der Waals surface area contributed by atoms with Crippen molar-refractivity contribution in [1.29, 1.82) is 0 Å². The number of nitrogens with one attached hydrogen (secondary N) is 1. The zero-order chi connectivity index (χ0) is 15.6. The average Bonchev–Trinajstić information content (AvgIpc) is 2.82. The lowest BCUT2D eigenvalue weighted by molar-refractivity contribution is -0.139. The lowest BCUT2D eigenvalue weighted by atomic mass is 10.2. The highest BCUT2D eigenvalue weighted by Crippen LogP contribution is 2.17. The fraction of sp³-hybridized carbons (Fsp3) is 0.231. The number of aromatic nitrogens is 2. The highest BCUT2D eigenvalue weighted by atomic mass is 32.2. The van der Waals surface area contributed by atoms with Crippen LogP contribution >= 0.6 is 0 Å². The van der Waals surface area contributed by atoms with Gasteiger partial charge in [0.25, 0.3) is 0 Å². The van der Waals surface area contributed by atoms with Crippen molar-refractivity contribution in [1.82, 2.24) is 14.5 Å². The first-order valence-corrected chi connectivity index (χ1v) is 7.58. The van der Waals surface area contributed by atoms with Crippen LogP contribution in [0.25, 0.3) is 0 Å². The molecule has 0 saturated heterocycles. The van der Waals surface area contributed by atoms with Crippen LogP contribution in [-0.4, -0.2) is 29.3 Å². The van der Waals surface area contributed by atoms with E-state index >= 15 is 0 Å². The predicted octanol–water partition coefficient (Wildman–Crippen LogP) is 0.833. The van der Waals surface area contributed by atoms with E-state index in [4.69, 9.17) is 0 Å². The molecule has 0 amide bonds. The predicted molar refractivity (Wildman–Crippen MR) is 75.1 cm³/mol. The second kappa shape index (κ2) is 5.66. The minimum absolute atomic E-state index is 0.0169. The third-order valence-corrected chi connectivity index (χ3v) is 4.35. The Balaban J connectivity index is 2.32. The summed E-state index contributed by atoms with van der Waals surface area (Å²) in [5, 5.41) is 13.1. The third-order valence-electron chi connectivity index (χ3n) is 2.91. The monoisotopic (exact) mass is 309 g/mol. The van der Waals surface area contributed by atoms with Crippen LogP contribution in [0.2, 0.25) is 0 Å². The van der Waals surface area contributed by atoms with Gasteiger partial charge in [-0.25, -0.2) is 8.42 Å². The Morgan fingerprint density at radius 2 is 1.95 bits per heavy atom. The number of hydrogen-bond acceptors (Lipinski definition) is 4. The van der Waals surface area contributed by atoms with Crippen LogP contribution < -0.4 is 4.72 Å². The Morgan fingerprint density at radius 3 is 2.43 bits per heavy atom. The molecule has 8 heteroatoms. The Labute approximate surface area is 122 Å². The molecule has 0 aliphatic heterocycles.